The van der Waals surface area contributed by atoms with Crippen molar-refractivity contribution in [3.05, 3.63) is 12.7 Å². The molecule has 0 aliphatic heterocycles. The van der Waals surface area contributed by atoms with Gasteiger partial charge in [-0.05, 0) is 44.7 Å². The lowest BCUT2D eigenvalue weighted by Gasteiger charge is -2.25. The molecule has 0 spiro atoms. The maximum absolute atomic E-state index is 9.44. The van der Waals surface area contributed by atoms with Gasteiger partial charge in [0.2, 0.25) is 0 Å². The minimum atomic E-state index is -0.0417. The third kappa shape index (κ3) is 4.44. The van der Waals surface area contributed by atoms with Gasteiger partial charge in [0.05, 0.1) is 6.10 Å². The zero-order valence-corrected chi connectivity index (χ0v) is 8.34. The van der Waals surface area contributed by atoms with E-state index in [4.69, 9.17) is 0 Å². The molecule has 0 heterocycles. The van der Waals surface area contributed by atoms with Crippen LogP contribution in [0.2, 0.25) is 0 Å². The SMILES string of the molecule is C=CCCNCC1CCCC(O)C1. The first kappa shape index (κ1) is 10.7. The summed E-state index contributed by atoms with van der Waals surface area (Å²) in [5.74, 6) is 0.688. The van der Waals surface area contributed by atoms with E-state index in [1.165, 1.54) is 12.8 Å². The van der Waals surface area contributed by atoms with Crippen LogP contribution in [0.4, 0.5) is 0 Å². The second-order valence-corrected chi connectivity index (χ2v) is 3.97. The minimum absolute atomic E-state index is 0.0417. The number of aliphatic hydroxyl groups excluding tert-OH is 1. The summed E-state index contributed by atoms with van der Waals surface area (Å²) in [5, 5.41) is 12.8. The van der Waals surface area contributed by atoms with E-state index < -0.39 is 0 Å². The van der Waals surface area contributed by atoms with E-state index in [-0.39, 0.29) is 6.10 Å². The van der Waals surface area contributed by atoms with Crippen molar-refractivity contribution < 1.29 is 5.11 Å². The lowest BCUT2D eigenvalue weighted by molar-refractivity contribution is 0.101. The van der Waals surface area contributed by atoms with Gasteiger partial charge in [-0.15, -0.1) is 6.58 Å². The summed E-state index contributed by atoms with van der Waals surface area (Å²) < 4.78 is 0. The van der Waals surface area contributed by atoms with Crippen LogP contribution in [-0.4, -0.2) is 24.3 Å². The molecule has 2 nitrogen and oxygen atoms in total. The fourth-order valence-corrected chi connectivity index (χ4v) is 1.96. The summed E-state index contributed by atoms with van der Waals surface area (Å²) in [7, 11) is 0. The largest absolute Gasteiger partial charge is 0.393 e. The summed E-state index contributed by atoms with van der Waals surface area (Å²) in [4.78, 5) is 0. The second kappa shape index (κ2) is 6.17. The number of hydrogen-bond acceptors (Lipinski definition) is 2. The predicted molar refractivity (Wildman–Crippen MR) is 55.6 cm³/mol. The Bertz CT molecular complexity index is 147. The van der Waals surface area contributed by atoms with Crippen LogP contribution in [0.15, 0.2) is 12.7 Å². The Morgan fingerprint density at radius 3 is 3.00 bits per heavy atom. The van der Waals surface area contributed by atoms with E-state index in [1.807, 2.05) is 6.08 Å². The topological polar surface area (TPSA) is 32.3 Å². The molecule has 1 saturated carbocycles. The van der Waals surface area contributed by atoms with Crippen LogP contribution >= 0.6 is 0 Å². The Morgan fingerprint density at radius 2 is 2.31 bits per heavy atom. The minimum Gasteiger partial charge on any atom is -0.393 e. The average Bonchev–Trinajstić information content (AvgIpc) is 2.13. The molecular weight excluding hydrogens is 162 g/mol. The third-order valence-electron chi connectivity index (χ3n) is 2.71. The zero-order chi connectivity index (χ0) is 9.52. The molecule has 1 fully saturated rings. The van der Waals surface area contributed by atoms with E-state index in [0.29, 0.717) is 5.92 Å². The molecule has 1 aliphatic carbocycles. The van der Waals surface area contributed by atoms with Gasteiger partial charge in [0.25, 0.3) is 0 Å². The lowest BCUT2D eigenvalue weighted by atomic mass is 9.87. The highest BCUT2D eigenvalue weighted by atomic mass is 16.3. The van der Waals surface area contributed by atoms with Crippen molar-refractivity contribution in [3.8, 4) is 0 Å². The van der Waals surface area contributed by atoms with Crippen molar-refractivity contribution in [1.29, 1.82) is 0 Å². The van der Waals surface area contributed by atoms with Crippen molar-refractivity contribution in [2.24, 2.45) is 5.92 Å². The van der Waals surface area contributed by atoms with E-state index in [2.05, 4.69) is 11.9 Å². The molecule has 0 aromatic rings. The second-order valence-electron chi connectivity index (χ2n) is 3.97. The molecule has 2 atom stereocenters. The highest BCUT2D eigenvalue weighted by Gasteiger charge is 2.19. The molecule has 2 heteroatoms. The molecule has 76 valence electrons. The van der Waals surface area contributed by atoms with Gasteiger partial charge in [0, 0.05) is 0 Å². The Hall–Kier alpha value is -0.340. The number of aliphatic hydroxyl groups is 1. The van der Waals surface area contributed by atoms with Crippen LogP contribution in [0.3, 0.4) is 0 Å². The first-order valence-electron chi connectivity index (χ1n) is 5.32. The number of hydrogen-bond donors (Lipinski definition) is 2. The third-order valence-corrected chi connectivity index (χ3v) is 2.71. The van der Waals surface area contributed by atoms with Crippen molar-refractivity contribution in [2.75, 3.05) is 13.1 Å². The standard InChI is InChI=1S/C11H21NO/c1-2-3-7-12-9-10-5-4-6-11(13)8-10/h2,10-13H,1,3-9H2. The van der Waals surface area contributed by atoms with Gasteiger partial charge in [-0.25, -0.2) is 0 Å². The van der Waals surface area contributed by atoms with Crippen LogP contribution < -0.4 is 5.32 Å². The van der Waals surface area contributed by atoms with Gasteiger partial charge in [-0.2, -0.15) is 0 Å². The summed E-state index contributed by atoms with van der Waals surface area (Å²) in [6.45, 7) is 5.76. The molecule has 0 aromatic carbocycles. The molecule has 0 saturated heterocycles. The summed E-state index contributed by atoms with van der Waals surface area (Å²) in [6.07, 6.45) is 7.38. The first-order valence-corrected chi connectivity index (χ1v) is 5.32. The van der Waals surface area contributed by atoms with E-state index in [9.17, 15) is 5.11 Å². The maximum atomic E-state index is 9.44. The van der Waals surface area contributed by atoms with Gasteiger partial charge in [-0.3, -0.25) is 0 Å². The molecule has 13 heavy (non-hydrogen) atoms. The number of nitrogens with one attached hydrogen (secondary N) is 1. The van der Waals surface area contributed by atoms with E-state index in [1.54, 1.807) is 0 Å². The average molecular weight is 183 g/mol. The Labute approximate surface area is 81.0 Å². The highest BCUT2D eigenvalue weighted by molar-refractivity contribution is 4.74. The van der Waals surface area contributed by atoms with Crippen molar-refractivity contribution in [1.82, 2.24) is 5.32 Å². The van der Waals surface area contributed by atoms with Gasteiger partial charge < -0.3 is 10.4 Å². The zero-order valence-electron chi connectivity index (χ0n) is 8.34. The molecule has 0 amide bonds. The van der Waals surface area contributed by atoms with Gasteiger partial charge >= 0.3 is 0 Å². The molecule has 1 aliphatic rings. The molecule has 0 aromatic heterocycles. The fourth-order valence-electron chi connectivity index (χ4n) is 1.96. The monoisotopic (exact) mass is 183 g/mol. The Balaban J connectivity index is 2.03. The van der Waals surface area contributed by atoms with Crippen molar-refractivity contribution in [3.63, 3.8) is 0 Å². The number of rotatable bonds is 5. The van der Waals surface area contributed by atoms with Crippen molar-refractivity contribution in [2.45, 2.75) is 38.2 Å². The van der Waals surface area contributed by atoms with Gasteiger partial charge in [-0.1, -0.05) is 12.5 Å². The Kier molecular flexibility index (Phi) is 5.09. The Morgan fingerprint density at radius 1 is 1.46 bits per heavy atom. The van der Waals surface area contributed by atoms with Crippen LogP contribution in [0, 0.1) is 5.92 Å². The molecule has 1 rings (SSSR count). The summed E-state index contributed by atoms with van der Waals surface area (Å²) in [5.41, 5.74) is 0. The van der Waals surface area contributed by atoms with Gasteiger partial charge in [0.15, 0.2) is 0 Å². The lowest BCUT2D eigenvalue weighted by Crippen LogP contribution is -2.29. The molecule has 2 unspecified atom stereocenters. The van der Waals surface area contributed by atoms with Crippen LogP contribution in [0.25, 0.3) is 0 Å². The maximum Gasteiger partial charge on any atom is 0.0543 e. The van der Waals surface area contributed by atoms with Crippen molar-refractivity contribution >= 4 is 0 Å². The summed E-state index contributed by atoms with van der Waals surface area (Å²) >= 11 is 0. The molecule has 0 radical (unpaired) electrons. The highest BCUT2D eigenvalue weighted by Crippen LogP contribution is 2.23. The van der Waals surface area contributed by atoms with Gasteiger partial charge in [0.1, 0.15) is 0 Å². The fraction of sp³-hybridized carbons (Fsp3) is 0.818. The van der Waals surface area contributed by atoms with Crippen LogP contribution in [0.1, 0.15) is 32.1 Å². The smallest absolute Gasteiger partial charge is 0.0543 e. The predicted octanol–water partition coefficient (Wildman–Crippen LogP) is 1.70. The first-order chi connectivity index (χ1) is 6.33. The summed E-state index contributed by atoms with van der Waals surface area (Å²) in [6, 6.07) is 0. The van der Waals surface area contributed by atoms with E-state index in [0.717, 1.165) is 32.4 Å². The van der Waals surface area contributed by atoms with Crippen LogP contribution in [0.5, 0.6) is 0 Å². The van der Waals surface area contributed by atoms with Crippen LogP contribution in [-0.2, 0) is 0 Å². The van der Waals surface area contributed by atoms with E-state index >= 15 is 0 Å². The molecule has 0 bridgehead atoms. The molecule has 2 N–H and O–H groups in total. The molecular formula is C11H21NO. The normalized spacial score (nSPS) is 28.7. The quantitative estimate of drug-likeness (QED) is 0.502.